The molecule has 22 heavy (non-hydrogen) atoms. The minimum absolute atomic E-state index is 0.0186. The van der Waals surface area contributed by atoms with E-state index in [1.54, 1.807) is 0 Å². The van der Waals surface area contributed by atoms with Gasteiger partial charge in [-0.2, -0.15) is 14.6 Å². The topological polar surface area (TPSA) is 109 Å². The standard InChI is InChI=1S/C11H22O11/c1-10(15-5,7-13-3)19-21-17-9(12)18-22-20-11(2,16-6)8-14-4/h7-8H2,1-6H3. The molecular formula is C11H22O11. The highest BCUT2D eigenvalue weighted by Crippen LogP contribution is 2.14. The number of hydrogen-bond acceptors (Lipinski definition) is 11. The second-order valence-electron chi connectivity index (χ2n) is 4.26. The summed E-state index contributed by atoms with van der Waals surface area (Å²) in [5.74, 6) is -2.56. The summed E-state index contributed by atoms with van der Waals surface area (Å²) in [4.78, 5) is 28.7. The first-order chi connectivity index (χ1) is 10.3. The van der Waals surface area contributed by atoms with E-state index in [9.17, 15) is 4.79 Å². The molecule has 0 rings (SSSR count). The minimum atomic E-state index is -1.40. The molecule has 132 valence electrons. The van der Waals surface area contributed by atoms with Gasteiger partial charge in [0.25, 0.3) is 0 Å². The first kappa shape index (κ1) is 20.9. The predicted octanol–water partition coefficient (Wildman–Crippen LogP) is 0.884. The van der Waals surface area contributed by atoms with E-state index in [4.69, 9.17) is 18.9 Å². The Morgan fingerprint density at radius 2 is 1.14 bits per heavy atom. The van der Waals surface area contributed by atoms with Crippen molar-refractivity contribution in [2.75, 3.05) is 41.7 Å². The number of ether oxygens (including phenoxy) is 4. The van der Waals surface area contributed by atoms with E-state index in [0.29, 0.717) is 0 Å². The van der Waals surface area contributed by atoms with Crippen molar-refractivity contribution in [2.24, 2.45) is 0 Å². The van der Waals surface area contributed by atoms with Crippen LogP contribution in [-0.2, 0) is 48.6 Å². The van der Waals surface area contributed by atoms with Crippen molar-refractivity contribution in [1.29, 1.82) is 0 Å². The average molecular weight is 330 g/mol. The molecule has 0 aromatic rings. The van der Waals surface area contributed by atoms with E-state index in [1.165, 1.54) is 42.3 Å². The zero-order valence-electron chi connectivity index (χ0n) is 13.4. The molecule has 2 atom stereocenters. The van der Waals surface area contributed by atoms with Crippen LogP contribution in [0.25, 0.3) is 0 Å². The maximum Gasteiger partial charge on any atom is 0.577 e. The van der Waals surface area contributed by atoms with Gasteiger partial charge in [0.05, 0.1) is 0 Å². The third-order valence-electron chi connectivity index (χ3n) is 2.30. The van der Waals surface area contributed by atoms with E-state index in [2.05, 4.69) is 29.6 Å². The van der Waals surface area contributed by atoms with Crippen molar-refractivity contribution in [3.8, 4) is 0 Å². The Bertz CT molecular complexity index is 284. The Morgan fingerprint density at radius 1 is 0.773 bits per heavy atom. The van der Waals surface area contributed by atoms with Crippen molar-refractivity contribution in [2.45, 2.75) is 25.4 Å². The summed E-state index contributed by atoms with van der Waals surface area (Å²) in [6.07, 6.45) is -1.40. The SMILES string of the molecule is COCC(C)(OC)OOOC(=O)OOOC(C)(COC)OC. The lowest BCUT2D eigenvalue weighted by Crippen LogP contribution is -2.37. The van der Waals surface area contributed by atoms with Gasteiger partial charge in [0.1, 0.15) is 13.2 Å². The predicted molar refractivity (Wildman–Crippen MR) is 66.5 cm³/mol. The maximum absolute atomic E-state index is 11.1. The average Bonchev–Trinajstić information content (AvgIpc) is 2.48. The number of methoxy groups -OCH3 is 4. The zero-order chi connectivity index (χ0) is 17.1. The monoisotopic (exact) mass is 330 g/mol. The van der Waals surface area contributed by atoms with Crippen LogP contribution in [0.2, 0.25) is 0 Å². The molecule has 0 bridgehead atoms. The van der Waals surface area contributed by atoms with E-state index < -0.39 is 17.7 Å². The summed E-state index contributed by atoms with van der Waals surface area (Å²) in [7, 11) is 5.54. The highest BCUT2D eigenvalue weighted by Gasteiger charge is 2.29. The van der Waals surface area contributed by atoms with Crippen LogP contribution in [0, 0.1) is 0 Å². The molecule has 2 unspecified atom stereocenters. The highest BCUT2D eigenvalue weighted by atomic mass is 17.6. The number of carbonyl (C=O) groups is 1. The van der Waals surface area contributed by atoms with Gasteiger partial charge in [-0.15, -0.1) is 0 Å². The fraction of sp³-hybridized carbons (Fsp3) is 0.909. The second-order valence-corrected chi connectivity index (χ2v) is 4.26. The molecule has 11 nitrogen and oxygen atoms in total. The smallest absolute Gasteiger partial charge is 0.379 e. The van der Waals surface area contributed by atoms with E-state index in [-0.39, 0.29) is 13.2 Å². The van der Waals surface area contributed by atoms with Crippen LogP contribution in [0.3, 0.4) is 0 Å². The largest absolute Gasteiger partial charge is 0.577 e. The van der Waals surface area contributed by atoms with Crippen LogP contribution in [0.15, 0.2) is 0 Å². The minimum Gasteiger partial charge on any atom is -0.379 e. The van der Waals surface area contributed by atoms with Gasteiger partial charge in [0, 0.05) is 28.4 Å². The summed E-state index contributed by atoms with van der Waals surface area (Å²) in [5.41, 5.74) is 0. The third-order valence-corrected chi connectivity index (χ3v) is 2.30. The summed E-state index contributed by atoms with van der Waals surface area (Å²) < 4.78 is 19.5. The fourth-order valence-corrected chi connectivity index (χ4v) is 1.01. The van der Waals surface area contributed by atoms with Crippen LogP contribution < -0.4 is 0 Å². The maximum atomic E-state index is 11.1. The highest BCUT2D eigenvalue weighted by molar-refractivity contribution is 5.57. The third kappa shape index (κ3) is 8.41. The van der Waals surface area contributed by atoms with Crippen LogP contribution in [-0.4, -0.2) is 59.4 Å². The number of hydrogen-bond donors (Lipinski definition) is 0. The van der Waals surface area contributed by atoms with Gasteiger partial charge in [0.2, 0.25) is 11.6 Å². The van der Waals surface area contributed by atoms with Gasteiger partial charge < -0.3 is 18.9 Å². The zero-order valence-corrected chi connectivity index (χ0v) is 13.4. The molecule has 0 aromatic carbocycles. The van der Waals surface area contributed by atoms with Crippen LogP contribution in [0.4, 0.5) is 4.79 Å². The van der Waals surface area contributed by atoms with Gasteiger partial charge in [-0.25, -0.2) is 9.78 Å². The molecule has 0 radical (unpaired) electrons. The first-order valence-corrected chi connectivity index (χ1v) is 6.01. The second kappa shape index (κ2) is 10.6. The first-order valence-electron chi connectivity index (χ1n) is 6.01. The molecule has 0 spiro atoms. The Hall–Kier alpha value is -1.05. The molecule has 0 aliphatic carbocycles. The molecule has 0 amide bonds. The Balaban J connectivity index is 3.96. The summed E-state index contributed by atoms with van der Waals surface area (Å²) in [6.45, 7) is 3.01. The van der Waals surface area contributed by atoms with Gasteiger partial charge in [-0.05, 0) is 23.9 Å². The Morgan fingerprint density at radius 3 is 1.41 bits per heavy atom. The molecule has 0 aliphatic heterocycles. The number of carbonyl (C=O) groups excluding carboxylic acids is 1. The van der Waals surface area contributed by atoms with E-state index in [0.717, 1.165) is 0 Å². The molecule has 0 aromatic heterocycles. The molecule has 0 saturated carbocycles. The van der Waals surface area contributed by atoms with Crippen molar-refractivity contribution < 1.29 is 53.4 Å². The van der Waals surface area contributed by atoms with Gasteiger partial charge in [0.15, 0.2) is 0 Å². The molecule has 0 fully saturated rings. The molecule has 0 aliphatic rings. The summed E-state index contributed by atoms with van der Waals surface area (Å²) >= 11 is 0. The van der Waals surface area contributed by atoms with Crippen LogP contribution in [0.5, 0.6) is 0 Å². The number of rotatable bonds is 12. The van der Waals surface area contributed by atoms with Crippen LogP contribution in [0.1, 0.15) is 13.8 Å². The molecule has 0 saturated heterocycles. The molecular weight excluding hydrogens is 308 g/mol. The lowest BCUT2D eigenvalue weighted by atomic mass is 10.3. The van der Waals surface area contributed by atoms with Crippen molar-refractivity contribution >= 4 is 6.16 Å². The Labute approximate surface area is 127 Å². The van der Waals surface area contributed by atoms with Gasteiger partial charge >= 0.3 is 6.16 Å². The quantitative estimate of drug-likeness (QED) is 0.289. The van der Waals surface area contributed by atoms with E-state index >= 15 is 0 Å². The fourth-order valence-electron chi connectivity index (χ4n) is 1.01. The van der Waals surface area contributed by atoms with Gasteiger partial charge in [-0.3, -0.25) is 0 Å². The molecule has 0 N–H and O–H groups in total. The van der Waals surface area contributed by atoms with Crippen LogP contribution >= 0.6 is 0 Å². The summed E-state index contributed by atoms with van der Waals surface area (Å²) in [5, 5.41) is 8.38. The lowest BCUT2D eigenvalue weighted by molar-refractivity contribution is -0.581. The lowest BCUT2D eigenvalue weighted by Gasteiger charge is -2.24. The molecule has 0 heterocycles. The van der Waals surface area contributed by atoms with Crippen molar-refractivity contribution in [3.05, 3.63) is 0 Å². The summed E-state index contributed by atoms with van der Waals surface area (Å²) in [6, 6.07) is 0. The molecule has 11 heteroatoms. The van der Waals surface area contributed by atoms with Gasteiger partial charge in [-0.1, -0.05) is 0 Å². The van der Waals surface area contributed by atoms with Crippen molar-refractivity contribution in [1.82, 2.24) is 0 Å². The normalized spacial score (nSPS) is 16.6. The van der Waals surface area contributed by atoms with Crippen molar-refractivity contribution in [3.63, 3.8) is 0 Å². The van der Waals surface area contributed by atoms with E-state index in [1.807, 2.05) is 0 Å². The Kier molecular flexibility index (Phi) is 10.1.